The van der Waals surface area contributed by atoms with Crippen molar-refractivity contribution in [2.24, 2.45) is 0 Å². The number of nitrogens with zero attached hydrogens (tertiary/aromatic N) is 3. The molecule has 1 aromatic carbocycles. The van der Waals surface area contributed by atoms with Crippen molar-refractivity contribution in [2.75, 3.05) is 12.3 Å². The van der Waals surface area contributed by atoms with Gasteiger partial charge >= 0.3 is 0 Å². The van der Waals surface area contributed by atoms with Crippen LogP contribution in [0, 0.1) is 0 Å². The van der Waals surface area contributed by atoms with Gasteiger partial charge in [-0.25, -0.2) is 4.98 Å². The van der Waals surface area contributed by atoms with Crippen LogP contribution in [-0.2, 0) is 11.3 Å². The van der Waals surface area contributed by atoms with Crippen LogP contribution in [0.25, 0.3) is 10.9 Å². The molecule has 1 heterocycles. The van der Waals surface area contributed by atoms with Gasteiger partial charge in [0.05, 0.1) is 16.7 Å². The summed E-state index contributed by atoms with van der Waals surface area (Å²) in [6, 6.07) is 5.52. The molecule has 0 fully saturated rings. The Morgan fingerprint density at radius 3 is 2.85 bits per heavy atom. The second-order valence-electron chi connectivity index (χ2n) is 6.53. The molecule has 1 amide bonds. The van der Waals surface area contributed by atoms with Crippen LogP contribution in [0.15, 0.2) is 44.4 Å². The third kappa shape index (κ3) is 4.46. The van der Waals surface area contributed by atoms with Crippen LogP contribution in [0.3, 0.4) is 0 Å². The van der Waals surface area contributed by atoms with E-state index < -0.39 is 0 Å². The zero-order chi connectivity index (χ0) is 19.4. The number of halogens is 1. The van der Waals surface area contributed by atoms with Crippen molar-refractivity contribution in [3.05, 3.63) is 44.8 Å². The molecule has 144 valence electrons. The van der Waals surface area contributed by atoms with Crippen LogP contribution in [-0.4, -0.2) is 32.7 Å². The predicted molar refractivity (Wildman–Crippen MR) is 114 cm³/mol. The Morgan fingerprint density at radius 1 is 1.37 bits per heavy atom. The molecule has 27 heavy (non-hydrogen) atoms. The van der Waals surface area contributed by atoms with Gasteiger partial charge in [-0.05, 0) is 50.8 Å². The number of thioether (sulfide) groups is 1. The van der Waals surface area contributed by atoms with Gasteiger partial charge in [0.25, 0.3) is 5.56 Å². The van der Waals surface area contributed by atoms with Gasteiger partial charge < -0.3 is 4.90 Å². The second kappa shape index (κ2) is 9.06. The van der Waals surface area contributed by atoms with Crippen molar-refractivity contribution in [3.8, 4) is 0 Å². The van der Waals surface area contributed by atoms with Crippen molar-refractivity contribution >= 4 is 44.5 Å². The fourth-order valence-corrected chi connectivity index (χ4v) is 4.61. The Hall–Kier alpha value is -1.60. The predicted octanol–water partition coefficient (Wildman–Crippen LogP) is 4.58. The number of hydrogen-bond acceptors (Lipinski definition) is 4. The number of carbonyl (C=O) groups excluding carboxylic acids is 1. The second-order valence-corrected chi connectivity index (χ2v) is 8.39. The Morgan fingerprint density at radius 2 is 2.19 bits per heavy atom. The molecule has 0 aliphatic heterocycles. The number of aromatic nitrogens is 2. The first-order chi connectivity index (χ1) is 13.0. The Kier molecular flexibility index (Phi) is 6.76. The third-order valence-electron chi connectivity index (χ3n) is 4.63. The number of fused-ring (bicyclic) bond motifs is 1. The maximum absolute atomic E-state index is 12.9. The van der Waals surface area contributed by atoms with E-state index in [9.17, 15) is 9.59 Å². The third-order valence-corrected chi connectivity index (χ3v) is 6.09. The molecule has 0 atom stereocenters. The molecule has 3 rings (SSSR count). The maximum Gasteiger partial charge on any atom is 0.262 e. The van der Waals surface area contributed by atoms with E-state index in [4.69, 9.17) is 0 Å². The highest BCUT2D eigenvalue weighted by Gasteiger charge is 2.20. The topological polar surface area (TPSA) is 55.2 Å². The highest BCUT2D eigenvalue weighted by molar-refractivity contribution is 9.10. The number of benzene rings is 1. The van der Waals surface area contributed by atoms with Crippen molar-refractivity contribution < 1.29 is 4.79 Å². The van der Waals surface area contributed by atoms with E-state index in [1.54, 1.807) is 4.57 Å². The largest absolute Gasteiger partial charge is 0.316 e. The molecule has 0 saturated carbocycles. The van der Waals surface area contributed by atoms with E-state index in [0.29, 0.717) is 29.1 Å². The fourth-order valence-electron chi connectivity index (χ4n) is 3.35. The minimum Gasteiger partial charge on any atom is -0.316 e. The average Bonchev–Trinajstić information content (AvgIpc) is 3.18. The smallest absolute Gasteiger partial charge is 0.262 e. The first kappa shape index (κ1) is 20.1. The minimum atomic E-state index is -0.0519. The van der Waals surface area contributed by atoms with E-state index in [1.165, 1.54) is 11.8 Å². The summed E-state index contributed by atoms with van der Waals surface area (Å²) in [6.45, 7) is 5.29. The molecule has 0 unspecified atom stereocenters. The van der Waals surface area contributed by atoms with Crippen molar-refractivity contribution in [2.45, 2.75) is 51.2 Å². The molecule has 0 spiro atoms. The van der Waals surface area contributed by atoms with Crippen LogP contribution in [0.4, 0.5) is 0 Å². The average molecular weight is 450 g/mol. The molecule has 2 aromatic rings. The lowest BCUT2D eigenvalue weighted by molar-refractivity contribution is -0.126. The lowest BCUT2D eigenvalue weighted by Crippen LogP contribution is -2.31. The molecular formula is C20H24BrN3O2S. The van der Waals surface area contributed by atoms with Gasteiger partial charge in [-0.1, -0.05) is 40.7 Å². The summed E-state index contributed by atoms with van der Waals surface area (Å²) in [7, 11) is 0. The zero-order valence-electron chi connectivity index (χ0n) is 15.7. The summed E-state index contributed by atoms with van der Waals surface area (Å²) in [5.41, 5.74) is 1.74. The number of carbonyl (C=O) groups is 1. The molecule has 1 aliphatic rings. The zero-order valence-corrected chi connectivity index (χ0v) is 18.1. The SMILES string of the molecule is CCCn1c(SCC(=O)N(CC)C2=CCCC2)nc2ccc(Br)cc2c1=O. The number of allylic oxidation sites excluding steroid dienone is 2. The summed E-state index contributed by atoms with van der Waals surface area (Å²) >= 11 is 4.77. The maximum atomic E-state index is 12.9. The lowest BCUT2D eigenvalue weighted by atomic mass is 10.2. The summed E-state index contributed by atoms with van der Waals surface area (Å²) in [6.07, 6.45) is 6.11. The van der Waals surface area contributed by atoms with Crippen molar-refractivity contribution in [1.29, 1.82) is 0 Å². The Labute approximate surface area is 172 Å². The van der Waals surface area contributed by atoms with Crippen LogP contribution in [0.5, 0.6) is 0 Å². The van der Waals surface area contributed by atoms with Crippen LogP contribution >= 0.6 is 27.7 Å². The van der Waals surface area contributed by atoms with Gasteiger partial charge in [-0.2, -0.15) is 0 Å². The van der Waals surface area contributed by atoms with Gasteiger partial charge in [-0.3, -0.25) is 14.2 Å². The molecule has 0 bridgehead atoms. The molecular weight excluding hydrogens is 426 g/mol. The van der Waals surface area contributed by atoms with Gasteiger partial charge in [-0.15, -0.1) is 0 Å². The molecule has 0 radical (unpaired) electrons. The first-order valence-electron chi connectivity index (χ1n) is 9.37. The summed E-state index contributed by atoms with van der Waals surface area (Å²) in [4.78, 5) is 32.2. The fraction of sp³-hybridized carbons (Fsp3) is 0.450. The van der Waals surface area contributed by atoms with Crippen LogP contribution in [0.1, 0.15) is 39.5 Å². The molecule has 1 aliphatic carbocycles. The van der Waals surface area contributed by atoms with E-state index >= 15 is 0 Å². The minimum absolute atomic E-state index is 0.0519. The van der Waals surface area contributed by atoms with Crippen LogP contribution in [0.2, 0.25) is 0 Å². The molecule has 7 heteroatoms. The monoisotopic (exact) mass is 449 g/mol. The van der Waals surface area contributed by atoms with Crippen molar-refractivity contribution in [3.63, 3.8) is 0 Å². The normalized spacial score (nSPS) is 13.8. The molecule has 1 aromatic heterocycles. The molecule has 0 N–H and O–H groups in total. The van der Waals surface area contributed by atoms with Gasteiger partial charge in [0.2, 0.25) is 5.91 Å². The number of rotatable bonds is 7. The Bertz CT molecular complexity index is 939. The summed E-state index contributed by atoms with van der Waals surface area (Å²) in [5.74, 6) is 0.354. The highest BCUT2D eigenvalue weighted by Crippen LogP contribution is 2.24. The number of amides is 1. The highest BCUT2D eigenvalue weighted by atomic mass is 79.9. The van der Waals surface area contributed by atoms with Gasteiger partial charge in [0.1, 0.15) is 0 Å². The van der Waals surface area contributed by atoms with E-state index in [0.717, 1.165) is 35.9 Å². The lowest BCUT2D eigenvalue weighted by Gasteiger charge is -2.22. The number of hydrogen-bond donors (Lipinski definition) is 0. The first-order valence-corrected chi connectivity index (χ1v) is 11.1. The Balaban J connectivity index is 1.87. The van der Waals surface area contributed by atoms with Crippen molar-refractivity contribution in [1.82, 2.24) is 14.5 Å². The van der Waals surface area contributed by atoms with Gasteiger partial charge in [0, 0.05) is 23.3 Å². The summed E-state index contributed by atoms with van der Waals surface area (Å²) in [5, 5.41) is 1.21. The van der Waals surface area contributed by atoms with E-state index in [2.05, 4.69) is 27.0 Å². The quantitative estimate of drug-likeness (QED) is 0.458. The van der Waals surface area contributed by atoms with E-state index in [1.807, 2.05) is 36.9 Å². The van der Waals surface area contributed by atoms with Crippen LogP contribution < -0.4 is 5.56 Å². The van der Waals surface area contributed by atoms with E-state index in [-0.39, 0.29) is 17.2 Å². The molecule has 5 nitrogen and oxygen atoms in total. The summed E-state index contributed by atoms with van der Waals surface area (Å²) < 4.78 is 2.55. The molecule has 0 saturated heterocycles. The standard InChI is InChI=1S/C20H24BrN3O2S/c1-3-11-24-19(26)16-12-14(21)9-10-17(16)22-20(24)27-13-18(25)23(4-2)15-7-5-6-8-15/h7,9-10,12H,3-6,8,11,13H2,1-2H3. The van der Waals surface area contributed by atoms with Gasteiger partial charge in [0.15, 0.2) is 5.16 Å².